The molecule has 23 heavy (non-hydrogen) atoms. The van der Waals surface area contributed by atoms with E-state index in [0.717, 1.165) is 49.6 Å². The van der Waals surface area contributed by atoms with Gasteiger partial charge >= 0.3 is 0 Å². The van der Waals surface area contributed by atoms with E-state index in [1.807, 2.05) is 6.07 Å². The van der Waals surface area contributed by atoms with Gasteiger partial charge in [0.2, 0.25) is 5.88 Å². The minimum atomic E-state index is 0.359. The second kappa shape index (κ2) is 5.96. The van der Waals surface area contributed by atoms with Crippen molar-refractivity contribution >= 4 is 5.65 Å². The second-order valence-electron chi connectivity index (χ2n) is 5.73. The first kappa shape index (κ1) is 14.1. The molecule has 4 heterocycles. The molecule has 1 saturated heterocycles. The molecule has 0 bridgehead atoms. The summed E-state index contributed by atoms with van der Waals surface area (Å²) in [7, 11) is 1.61. The summed E-state index contributed by atoms with van der Waals surface area (Å²) in [4.78, 5) is 6.56. The molecule has 8 heteroatoms. The van der Waals surface area contributed by atoms with Crippen LogP contribution in [0.5, 0.6) is 5.88 Å². The molecule has 8 nitrogen and oxygen atoms in total. The average Bonchev–Trinajstić information content (AvgIpc) is 3.24. The number of hydrogen-bond donors (Lipinski definition) is 0. The number of aromatic nitrogens is 5. The molecule has 0 unspecified atom stereocenters. The summed E-state index contributed by atoms with van der Waals surface area (Å²) in [6.07, 6.45) is 5.23. The number of ether oxygens (including phenoxy) is 1. The number of fused-ring (bicyclic) bond motifs is 1. The molecule has 1 aliphatic heterocycles. The smallest absolute Gasteiger partial charge is 0.231 e. The lowest BCUT2D eigenvalue weighted by molar-refractivity contribution is 0.198. The van der Waals surface area contributed by atoms with Crippen LogP contribution < -0.4 is 4.74 Å². The molecule has 3 aromatic heterocycles. The molecule has 0 spiro atoms. The lowest BCUT2D eigenvalue weighted by atomic mass is 9.96. The molecule has 0 aliphatic carbocycles. The molecular formula is C15H18N6O2. The van der Waals surface area contributed by atoms with Crippen LogP contribution in [-0.2, 0) is 6.54 Å². The van der Waals surface area contributed by atoms with E-state index in [2.05, 4.69) is 25.2 Å². The van der Waals surface area contributed by atoms with Crippen molar-refractivity contribution in [2.24, 2.45) is 0 Å². The number of piperidine rings is 1. The minimum absolute atomic E-state index is 0.359. The van der Waals surface area contributed by atoms with Crippen LogP contribution in [0.1, 0.15) is 30.3 Å². The molecule has 0 N–H and O–H groups in total. The maximum atomic E-state index is 5.20. The summed E-state index contributed by atoms with van der Waals surface area (Å²) in [5, 5.41) is 13.0. The Kier molecular flexibility index (Phi) is 3.66. The van der Waals surface area contributed by atoms with E-state index in [-0.39, 0.29) is 0 Å². The Bertz CT molecular complexity index is 776. The predicted molar refractivity (Wildman–Crippen MR) is 81.1 cm³/mol. The van der Waals surface area contributed by atoms with Crippen molar-refractivity contribution < 1.29 is 9.15 Å². The monoisotopic (exact) mass is 314 g/mol. The SMILES string of the molecule is COc1ccc2nnc(C3CCN(Cc4cocn4)CC3)n2n1. The van der Waals surface area contributed by atoms with Crippen molar-refractivity contribution in [3.05, 3.63) is 36.3 Å². The number of methoxy groups -OCH3 is 1. The maximum Gasteiger partial charge on any atom is 0.231 e. The zero-order valence-electron chi connectivity index (χ0n) is 12.9. The molecular weight excluding hydrogens is 296 g/mol. The molecule has 0 radical (unpaired) electrons. The maximum absolute atomic E-state index is 5.20. The van der Waals surface area contributed by atoms with Gasteiger partial charge in [-0.2, -0.15) is 4.52 Å². The fourth-order valence-electron chi connectivity index (χ4n) is 3.05. The van der Waals surface area contributed by atoms with Gasteiger partial charge in [-0.1, -0.05) is 0 Å². The van der Waals surface area contributed by atoms with E-state index < -0.39 is 0 Å². The lowest BCUT2D eigenvalue weighted by Gasteiger charge is -2.30. The van der Waals surface area contributed by atoms with Gasteiger partial charge in [0.1, 0.15) is 6.26 Å². The first-order valence-corrected chi connectivity index (χ1v) is 7.69. The molecule has 120 valence electrons. The zero-order valence-corrected chi connectivity index (χ0v) is 12.9. The van der Waals surface area contributed by atoms with Gasteiger partial charge in [-0.05, 0) is 32.0 Å². The number of rotatable bonds is 4. The van der Waals surface area contributed by atoms with Gasteiger partial charge in [-0.3, -0.25) is 4.90 Å². The molecule has 0 aromatic carbocycles. The lowest BCUT2D eigenvalue weighted by Crippen LogP contribution is -2.33. The van der Waals surface area contributed by atoms with E-state index in [1.165, 1.54) is 6.39 Å². The Hall–Kier alpha value is -2.48. The fraction of sp³-hybridized carbons (Fsp3) is 0.467. The normalized spacial score (nSPS) is 16.9. The highest BCUT2D eigenvalue weighted by Gasteiger charge is 2.25. The molecule has 0 amide bonds. The first-order valence-electron chi connectivity index (χ1n) is 7.69. The third-order valence-electron chi connectivity index (χ3n) is 4.29. The van der Waals surface area contributed by atoms with Crippen molar-refractivity contribution in [1.82, 2.24) is 29.7 Å². The summed E-state index contributed by atoms with van der Waals surface area (Å²) in [5.74, 6) is 1.85. The summed E-state index contributed by atoms with van der Waals surface area (Å²) >= 11 is 0. The minimum Gasteiger partial charge on any atom is -0.480 e. The predicted octanol–water partition coefficient (Wildman–Crippen LogP) is 1.50. The van der Waals surface area contributed by atoms with E-state index in [1.54, 1.807) is 24.0 Å². The van der Waals surface area contributed by atoms with Gasteiger partial charge in [0.25, 0.3) is 0 Å². The van der Waals surface area contributed by atoms with Gasteiger partial charge in [-0.15, -0.1) is 15.3 Å². The van der Waals surface area contributed by atoms with Gasteiger partial charge in [0.15, 0.2) is 17.9 Å². The molecule has 1 fully saturated rings. The Morgan fingerprint density at radius 1 is 1.26 bits per heavy atom. The summed E-state index contributed by atoms with van der Waals surface area (Å²) < 4.78 is 12.0. The van der Waals surface area contributed by atoms with Crippen molar-refractivity contribution in [2.75, 3.05) is 20.2 Å². The van der Waals surface area contributed by atoms with Crippen molar-refractivity contribution in [3.63, 3.8) is 0 Å². The van der Waals surface area contributed by atoms with E-state index in [9.17, 15) is 0 Å². The topological polar surface area (TPSA) is 81.6 Å². The molecule has 0 atom stereocenters. The zero-order chi connectivity index (χ0) is 15.6. The Morgan fingerprint density at radius 3 is 2.87 bits per heavy atom. The third-order valence-corrected chi connectivity index (χ3v) is 4.29. The van der Waals surface area contributed by atoms with Gasteiger partial charge < -0.3 is 9.15 Å². The fourth-order valence-corrected chi connectivity index (χ4v) is 3.05. The molecule has 1 aliphatic rings. The van der Waals surface area contributed by atoms with Crippen LogP contribution in [0.2, 0.25) is 0 Å². The Labute approximate surface area is 133 Å². The second-order valence-corrected chi connectivity index (χ2v) is 5.73. The van der Waals surface area contributed by atoms with Crippen LogP contribution in [0.15, 0.2) is 29.2 Å². The van der Waals surface area contributed by atoms with Crippen molar-refractivity contribution in [3.8, 4) is 5.88 Å². The first-order chi connectivity index (χ1) is 11.3. The van der Waals surface area contributed by atoms with Crippen LogP contribution in [0.3, 0.4) is 0 Å². The van der Waals surface area contributed by atoms with Gasteiger partial charge in [-0.25, -0.2) is 4.98 Å². The van der Waals surface area contributed by atoms with Gasteiger partial charge in [0, 0.05) is 18.5 Å². The van der Waals surface area contributed by atoms with Crippen LogP contribution in [0, 0.1) is 0 Å². The highest BCUT2D eigenvalue weighted by molar-refractivity contribution is 5.38. The summed E-state index contributed by atoms with van der Waals surface area (Å²) in [5.41, 5.74) is 1.73. The Morgan fingerprint density at radius 2 is 2.13 bits per heavy atom. The summed E-state index contributed by atoms with van der Waals surface area (Å²) in [6, 6.07) is 3.68. The largest absolute Gasteiger partial charge is 0.480 e. The molecule has 3 aromatic rings. The van der Waals surface area contributed by atoms with Crippen LogP contribution in [-0.4, -0.2) is 49.9 Å². The van der Waals surface area contributed by atoms with Crippen LogP contribution in [0.25, 0.3) is 5.65 Å². The van der Waals surface area contributed by atoms with Crippen molar-refractivity contribution in [2.45, 2.75) is 25.3 Å². The van der Waals surface area contributed by atoms with E-state index in [0.29, 0.717) is 11.8 Å². The van der Waals surface area contributed by atoms with Gasteiger partial charge in [0.05, 0.1) is 12.8 Å². The van der Waals surface area contributed by atoms with Crippen LogP contribution in [0.4, 0.5) is 0 Å². The number of nitrogens with zero attached hydrogens (tertiary/aromatic N) is 6. The third kappa shape index (κ3) is 2.77. The number of oxazole rings is 1. The summed E-state index contributed by atoms with van der Waals surface area (Å²) in [6.45, 7) is 2.82. The van der Waals surface area contributed by atoms with Crippen molar-refractivity contribution in [1.29, 1.82) is 0 Å². The quantitative estimate of drug-likeness (QED) is 0.721. The highest BCUT2D eigenvalue weighted by Crippen LogP contribution is 2.27. The highest BCUT2D eigenvalue weighted by atomic mass is 16.5. The average molecular weight is 314 g/mol. The number of hydrogen-bond acceptors (Lipinski definition) is 7. The standard InChI is InChI=1S/C15H18N6O2/c1-22-14-3-2-13-17-18-15(21(13)19-14)11-4-6-20(7-5-11)8-12-9-23-10-16-12/h2-3,9-11H,4-8H2,1H3. The Balaban J connectivity index is 1.47. The molecule has 0 saturated carbocycles. The van der Waals surface area contributed by atoms with E-state index in [4.69, 9.17) is 9.15 Å². The number of likely N-dealkylation sites (tertiary alicyclic amines) is 1. The van der Waals surface area contributed by atoms with E-state index >= 15 is 0 Å². The molecule has 4 rings (SSSR count). The van der Waals surface area contributed by atoms with Crippen LogP contribution >= 0.6 is 0 Å².